The number of carbonyl (C=O) groups excluding carboxylic acids is 2. The fraction of sp³-hybridized carbons (Fsp3) is 0.467. The number of hydrogen-bond acceptors (Lipinski definition) is 3. The van der Waals surface area contributed by atoms with Gasteiger partial charge in [0.1, 0.15) is 6.23 Å². The Labute approximate surface area is 112 Å². The Morgan fingerprint density at radius 2 is 1.84 bits per heavy atom. The second-order valence-electron chi connectivity index (χ2n) is 5.45. The molecule has 0 radical (unpaired) electrons. The van der Waals surface area contributed by atoms with Crippen LogP contribution in [0.2, 0.25) is 0 Å². The molecule has 1 atom stereocenters. The van der Waals surface area contributed by atoms with Gasteiger partial charge in [0.05, 0.1) is 5.41 Å². The molecule has 1 aromatic carbocycles. The van der Waals surface area contributed by atoms with Crippen LogP contribution in [0.1, 0.15) is 48.5 Å². The monoisotopic (exact) mass is 259 g/mol. The number of rotatable bonds is 1. The van der Waals surface area contributed by atoms with E-state index < -0.39 is 11.6 Å². The van der Waals surface area contributed by atoms with Crippen LogP contribution in [-0.2, 0) is 10.2 Å². The maximum absolute atomic E-state index is 12.7. The molecule has 1 unspecified atom stereocenters. The number of nitrogens with zero attached hydrogens (tertiary/aromatic N) is 1. The number of imide groups is 1. The van der Waals surface area contributed by atoms with Crippen LogP contribution in [0.4, 0.5) is 0 Å². The van der Waals surface area contributed by atoms with E-state index in [9.17, 15) is 14.7 Å². The molecule has 1 fully saturated rings. The van der Waals surface area contributed by atoms with Gasteiger partial charge in [-0.3, -0.25) is 14.5 Å². The van der Waals surface area contributed by atoms with E-state index in [2.05, 4.69) is 0 Å². The first kappa shape index (κ1) is 12.4. The minimum atomic E-state index is -1.08. The van der Waals surface area contributed by atoms with E-state index in [0.29, 0.717) is 5.56 Å². The van der Waals surface area contributed by atoms with Crippen LogP contribution in [0, 0.1) is 0 Å². The predicted octanol–water partition coefficient (Wildman–Crippen LogP) is 1.82. The van der Waals surface area contributed by atoms with Gasteiger partial charge in [-0.25, -0.2) is 0 Å². The van der Waals surface area contributed by atoms with Crippen molar-refractivity contribution in [3.63, 3.8) is 0 Å². The number of benzene rings is 1. The van der Waals surface area contributed by atoms with Crippen molar-refractivity contribution in [3.05, 3.63) is 35.4 Å². The van der Waals surface area contributed by atoms with Gasteiger partial charge < -0.3 is 5.11 Å². The van der Waals surface area contributed by atoms with Crippen LogP contribution < -0.4 is 0 Å². The maximum Gasteiger partial charge on any atom is 0.262 e. The first-order valence-corrected chi connectivity index (χ1v) is 6.73. The normalized spacial score (nSPS) is 22.7. The fourth-order valence-electron chi connectivity index (χ4n) is 3.46. The molecule has 0 saturated heterocycles. The van der Waals surface area contributed by atoms with E-state index >= 15 is 0 Å². The Hall–Kier alpha value is -1.68. The largest absolute Gasteiger partial charge is 0.373 e. The lowest BCUT2D eigenvalue weighted by molar-refractivity contribution is -0.142. The van der Waals surface area contributed by atoms with Crippen molar-refractivity contribution >= 4 is 11.8 Å². The molecule has 2 amide bonds. The lowest BCUT2D eigenvalue weighted by Crippen LogP contribution is -2.56. The zero-order valence-electron chi connectivity index (χ0n) is 10.9. The lowest BCUT2D eigenvalue weighted by Gasteiger charge is -2.40. The standard InChI is InChI=1S/C15H17NO3/c1-10(17)16-13(18)11-6-2-3-7-12(11)15(14(16)19)8-4-5-9-15/h2-3,6-7,10,17H,4-5,8-9H2,1H3. The lowest BCUT2D eigenvalue weighted by atomic mass is 9.72. The third-order valence-electron chi connectivity index (χ3n) is 4.35. The summed E-state index contributed by atoms with van der Waals surface area (Å²) in [5.41, 5.74) is 0.811. The molecule has 1 spiro atoms. The molecule has 100 valence electrons. The molecule has 1 aliphatic heterocycles. The quantitative estimate of drug-likeness (QED) is 0.783. The second-order valence-corrected chi connectivity index (χ2v) is 5.45. The number of hydrogen-bond donors (Lipinski definition) is 1. The minimum absolute atomic E-state index is 0.233. The summed E-state index contributed by atoms with van der Waals surface area (Å²) in [6.45, 7) is 1.46. The molecular formula is C15H17NO3. The Kier molecular flexibility index (Phi) is 2.71. The van der Waals surface area contributed by atoms with E-state index in [1.54, 1.807) is 12.1 Å². The van der Waals surface area contributed by atoms with E-state index in [-0.39, 0.29) is 11.8 Å². The molecule has 1 saturated carbocycles. The van der Waals surface area contributed by atoms with Crippen molar-refractivity contribution < 1.29 is 14.7 Å². The van der Waals surface area contributed by atoms with Gasteiger partial charge >= 0.3 is 0 Å². The maximum atomic E-state index is 12.7. The Morgan fingerprint density at radius 3 is 2.47 bits per heavy atom. The predicted molar refractivity (Wildman–Crippen MR) is 69.4 cm³/mol. The minimum Gasteiger partial charge on any atom is -0.373 e. The third-order valence-corrected chi connectivity index (χ3v) is 4.35. The highest BCUT2D eigenvalue weighted by Gasteiger charge is 2.52. The molecule has 4 heteroatoms. The van der Waals surface area contributed by atoms with Crippen molar-refractivity contribution in [3.8, 4) is 0 Å². The fourth-order valence-corrected chi connectivity index (χ4v) is 3.46. The molecule has 0 aromatic heterocycles. The highest BCUT2D eigenvalue weighted by Crippen LogP contribution is 2.46. The smallest absolute Gasteiger partial charge is 0.262 e. The number of fused-ring (bicyclic) bond motifs is 2. The molecule has 3 rings (SSSR count). The zero-order chi connectivity index (χ0) is 13.6. The van der Waals surface area contributed by atoms with E-state index in [0.717, 1.165) is 36.1 Å². The number of carbonyl (C=O) groups is 2. The SMILES string of the molecule is CC(O)N1C(=O)c2ccccc2C2(CCCC2)C1=O. The van der Waals surface area contributed by atoms with Gasteiger partial charge in [-0.15, -0.1) is 0 Å². The van der Waals surface area contributed by atoms with Crippen molar-refractivity contribution in [2.24, 2.45) is 0 Å². The van der Waals surface area contributed by atoms with Crippen LogP contribution in [-0.4, -0.2) is 28.0 Å². The molecule has 1 aliphatic carbocycles. The molecule has 1 heterocycles. The molecular weight excluding hydrogens is 242 g/mol. The van der Waals surface area contributed by atoms with Crippen LogP contribution in [0.5, 0.6) is 0 Å². The van der Waals surface area contributed by atoms with Gasteiger partial charge in [0.2, 0.25) is 5.91 Å². The van der Waals surface area contributed by atoms with Crippen LogP contribution in [0.15, 0.2) is 24.3 Å². The average molecular weight is 259 g/mol. The summed E-state index contributed by atoms with van der Waals surface area (Å²) in [6.07, 6.45) is 2.42. The van der Waals surface area contributed by atoms with Gasteiger partial charge in [0, 0.05) is 5.56 Å². The molecule has 0 bridgehead atoms. The first-order valence-electron chi connectivity index (χ1n) is 6.73. The topological polar surface area (TPSA) is 57.6 Å². The van der Waals surface area contributed by atoms with Gasteiger partial charge in [-0.2, -0.15) is 0 Å². The molecule has 1 aromatic rings. The van der Waals surface area contributed by atoms with Gasteiger partial charge in [-0.1, -0.05) is 31.0 Å². The molecule has 1 N–H and O–H groups in total. The van der Waals surface area contributed by atoms with Crippen LogP contribution in [0.3, 0.4) is 0 Å². The zero-order valence-corrected chi connectivity index (χ0v) is 10.9. The summed E-state index contributed by atoms with van der Waals surface area (Å²) in [6, 6.07) is 7.31. The van der Waals surface area contributed by atoms with Crippen LogP contribution in [0.25, 0.3) is 0 Å². The summed E-state index contributed by atoms with van der Waals surface area (Å²) in [5, 5.41) is 9.77. The first-order chi connectivity index (χ1) is 9.08. The summed E-state index contributed by atoms with van der Waals surface area (Å²) in [4.78, 5) is 26.1. The highest BCUT2D eigenvalue weighted by molar-refractivity contribution is 6.13. The van der Waals surface area contributed by atoms with Gasteiger partial charge in [0.25, 0.3) is 5.91 Å². The van der Waals surface area contributed by atoms with Crippen LogP contribution >= 0.6 is 0 Å². The summed E-state index contributed by atoms with van der Waals surface area (Å²) in [7, 11) is 0. The van der Waals surface area contributed by atoms with Gasteiger partial charge in [0.15, 0.2) is 0 Å². The van der Waals surface area contributed by atoms with Crippen molar-refractivity contribution in [1.29, 1.82) is 0 Å². The Morgan fingerprint density at radius 1 is 1.21 bits per heavy atom. The molecule has 19 heavy (non-hydrogen) atoms. The highest BCUT2D eigenvalue weighted by atomic mass is 16.3. The Bertz CT molecular complexity index is 544. The van der Waals surface area contributed by atoms with Gasteiger partial charge in [-0.05, 0) is 31.4 Å². The summed E-state index contributed by atoms with van der Waals surface area (Å²) < 4.78 is 0. The second kappa shape index (κ2) is 4.17. The van der Waals surface area contributed by atoms with Crippen molar-refractivity contribution in [1.82, 2.24) is 4.90 Å². The summed E-state index contributed by atoms with van der Waals surface area (Å²) >= 11 is 0. The number of aliphatic hydroxyl groups is 1. The third kappa shape index (κ3) is 1.56. The number of aliphatic hydroxyl groups excluding tert-OH is 1. The molecule has 4 nitrogen and oxygen atoms in total. The molecule has 2 aliphatic rings. The summed E-state index contributed by atoms with van der Waals surface area (Å²) in [5.74, 6) is -0.614. The van der Waals surface area contributed by atoms with Crippen molar-refractivity contribution in [2.75, 3.05) is 0 Å². The Balaban J connectivity index is 2.23. The average Bonchev–Trinajstić information content (AvgIpc) is 2.87. The number of amides is 2. The van der Waals surface area contributed by atoms with E-state index in [1.807, 2.05) is 12.1 Å². The van der Waals surface area contributed by atoms with E-state index in [1.165, 1.54) is 6.92 Å². The van der Waals surface area contributed by atoms with Crippen molar-refractivity contribution in [2.45, 2.75) is 44.2 Å². The van der Waals surface area contributed by atoms with E-state index in [4.69, 9.17) is 0 Å².